The number of carbonyl (C=O) groups is 1. The molecule has 0 spiro atoms. The van der Waals surface area contributed by atoms with E-state index in [9.17, 15) is 4.79 Å². The summed E-state index contributed by atoms with van der Waals surface area (Å²) in [4.78, 5) is 11.0. The summed E-state index contributed by atoms with van der Waals surface area (Å²) in [5.41, 5.74) is 0. The fourth-order valence-corrected chi connectivity index (χ4v) is 1.36. The molecule has 0 aromatic rings. The number of allylic oxidation sites excluding steroid dienone is 1. The second kappa shape index (κ2) is 7.99. The van der Waals surface area contributed by atoms with Crippen LogP contribution in [-0.4, -0.2) is 18.9 Å². The van der Waals surface area contributed by atoms with Gasteiger partial charge in [0.1, 0.15) is 5.78 Å². The van der Waals surface area contributed by atoms with Gasteiger partial charge in [-0.1, -0.05) is 18.9 Å². The number of likely N-dealkylation sites (N-methyl/N-ethyl adjacent to an activating group) is 1. The van der Waals surface area contributed by atoms with Crippen molar-refractivity contribution in [3.8, 4) is 0 Å². The van der Waals surface area contributed by atoms with E-state index in [-0.39, 0.29) is 11.8 Å². The minimum Gasteiger partial charge on any atom is -0.311 e. The van der Waals surface area contributed by atoms with Gasteiger partial charge in [0.15, 0.2) is 0 Å². The molecule has 0 fully saturated rings. The highest BCUT2D eigenvalue weighted by atomic mass is 16.1. The van der Waals surface area contributed by atoms with Crippen LogP contribution in [0.15, 0.2) is 12.7 Å². The molecule has 0 bridgehead atoms. The Kier molecular flexibility index (Phi) is 7.60. The van der Waals surface area contributed by atoms with Crippen molar-refractivity contribution >= 4 is 5.78 Å². The maximum atomic E-state index is 11.0. The molecule has 0 aromatic heterocycles. The van der Waals surface area contributed by atoms with Crippen molar-refractivity contribution in [3.63, 3.8) is 0 Å². The third-order valence-electron chi connectivity index (χ3n) is 2.24. The van der Waals surface area contributed by atoms with Crippen LogP contribution < -0.4 is 5.32 Å². The van der Waals surface area contributed by atoms with Crippen LogP contribution in [0.4, 0.5) is 0 Å². The molecule has 1 N–H and O–H groups in total. The molecular weight excluding hydrogens is 162 g/mol. The summed E-state index contributed by atoms with van der Waals surface area (Å²) in [6.45, 7) is 5.32. The summed E-state index contributed by atoms with van der Waals surface area (Å²) in [6, 6.07) is 0.0590. The van der Waals surface area contributed by atoms with E-state index in [1.807, 2.05) is 13.1 Å². The van der Waals surface area contributed by atoms with E-state index >= 15 is 0 Å². The molecule has 0 amide bonds. The minimum atomic E-state index is 0.0590. The maximum absolute atomic E-state index is 11.0. The first-order chi connectivity index (χ1) is 6.22. The molecule has 2 nitrogen and oxygen atoms in total. The molecule has 1 unspecified atom stereocenters. The van der Waals surface area contributed by atoms with Crippen LogP contribution >= 0.6 is 0 Å². The van der Waals surface area contributed by atoms with Crippen LogP contribution in [0.2, 0.25) is 0 Å². The van der Waals surface area contributed by atoms with Crippen LogP contribution in [-0.2, 0) is 4.79 Å². The molecule has 76 valence electrons. The van der Waals surface area contributed by atoms with Crippen molar-refractivity contribution in [2.45, 2.75) is 45.1 Å². The first kappa shape index (κ1) is 12.4. The molecule has 0 aromatic carbocycles. The SMILES string of the molecule is C=CCCCCCC(NC)C(C)=O. The van der Waals surface area contributed by atoms with Gasteiger partial charge in [-0.15, -0.1) is 6.58 Å². The van der Waals surface area contributed by atoms with Gasteiger partial charge in [0, 0.05) is 0 Å². The molecule has 2 heteroatoms. The average molecular weight is 183 g/mol. The molecule has 0 saturated heterocycles. The van der Waals surface area contributed by atoms with Crippen molar-refractivity contribution in [3.05, 3.63) is 12.7 Å². The lowest BCUT2D eigenvalue weighted by Gasteiger charge is -2.11. The fourth-order valence-electron chi connectivity index (χ4n) is 1.36. The molecule has 0 aliphatic heterocycles. The van der Waals surface area contributed by atoms with E-state index < -0.39 is 0 Å². The zero-order chi connectivity index (χ0) is 10.1. The fraction of sp³-hybridized carbons (Fsp3) is 0.727. The van der Waals surface area contributed by atoms with Crippen molar-refractivity contribution in [2.24, 2.45) is 0 Å². The molecule has 13 heavy (non-hydrogen) atoms. The van der Waals surface area contributed by atoms with Gasteiger partial charge >= 0.3 is 0 Å². The lowest BCUT2D eigenvalue weighted by Crippen LogP contribution is -2.31. The molecule has 0 saturated carbocycles. The van der Waals surface area contributed by atoms with Crippen LogP contribution in [0.5, 0.6) is 0 Å². The number of carbonyl (C=O) groups excluding carboxylic acids is 1. The van der Waals surface area contributed by atoms with Crippen LogP contribution in [0.1, 0.15) is 39.0 Å². The Hall–Kier alpha value is -0.630. The van der Waals surface area contributed by atoms with E-state index in [1.165, 1.54) is 12.8 Å². The highest BCUT2D eigenvalue weighted by Gasteiger charge is 2.09. The number of nitrogens with one attached hydrogen (secondary N) is 1. The topological polar surface area (TPSA) is 29.1 Å². The van der Waals surface area contributed by atoms with Crippen LogP contribution in [0.25, 0.3) is 0 Å². The Morgan fingerprint density at radius 1 is 1.46 bits per heavy atom. The summed E-state index contributed by atoms with van der Waals surface area (Å²) >= 11 is 0. The standard InChI is InChI=1S/C11H21NO/c1-4-5-6-7-8-9-11(12-3)10(2)13/h4,11-12H,1,5-9H2,2-3H3. The smallest absolute Gasteiger partial charge is 0.146 e. The maximum Gasteiger partial charge on any atom is 0.146 e. The zero-order valence-electron chi connectivity index (χ0n) is 8.81. The Labute approximate surface area is 81.4 Å². The Morgan fingerprint density at radius 3 is 2.62 bits per heavy atom. The number of hydrogen-bond donors (Lipinski definition) is 1. The second-order valence-corrected chi connectivity index (χ2v) is 3.38. The normalized spacial score (nSPS) is 12.5. The van der Waals surface area contributed by atoms with Gasteiger partial charge in [-0.3, -0.25) is 4.79 Å². The van der Waals surface area contributed by atoms with Gasteiger partial charge in [0.2, 0.25) is 0 Å². The van der Waals surface area contributed by atoms with E-state index in [4.69, 9.17) is 0 Å². The third kappa shape index (κ3) is 6.52. The van der Waals surface area contributed by atoms with Gasteiger partial charge in [-0.2, -0.15) is 0 Å². The summed E-state index contributed by atoms with van der Waals surface area (Å²) in [6.07, 6.45) is 7.50. The minimum absolute atomic E-state index is 0.0590. The predicted molar refractivity (Wildman–Crippen MR) is 56.8 cm³/mol. The molecule has 0 rings (SSSR count). The first-order valence-corrected chi connectivity index (χ1v) is 5.01. The van der Waals surface area contributed by atoms with E-state index in [1.54, 1.807) is 6.92 Å². The molecule has 1 atom stereocenters. The molecule has 0 radical (unpaired) electrons. The van der Waals surface area contributed by atoms with Crippen molar-refractivity contribution in [2.75, 3.05) is 7.05 Å². The predicted octanol–water partition coefficient (Wildman–Crippen LogP) is 2.30. The summed E-state index contributed by atoms with van der Waals surface area (Å²) in [5, 5.41) is 3.02. The van der Waals surface area contributed by atoms with Crippen molar-refractivity contribution in [1.29, 1.82) is 0 Å². The second-order valence-electron chi connectivity index (χ2n) is 3.38. The van der Waals surface area contributed by atoms with E-state index in [0.717, 1.165) is 19.3 Å². The Balaban J connectivity index is 3.38. The Bertz CT molecular complexity index is 154. The van der Waals surface area contributed by atoms with Crippen LogP contribution in [0.3, 0.4) is 0 Å². The number of rotatable bonds is 8. The monoisotopic (exact) mass is 183 g/mol. The van der Waals surface area contributed by atoms with Crippen LogP contribution in [0, 0.1) is 0 Å². The summed E-state index contributed by atoms with van der Waals surface area (Å²) < 4.78 is 0. The zero-order valence-corrected chi connectivity index (χ0v) is 8.81. The summed E-state index contributed by atoms with van der Waals surface area (Å²) in [7, 11) is 1.84. The van der Waals surface area contributed by atoms with Gasteiger partial charge in [-0.25, -0.2) is 0 Å². The lowest BCUT2D eigenvalue weighted by molar-refractivity contribution is -0.119. The molecular formula is C11H21NO. The van der Waals surface area contributed by atoms with Crippen molar-refractivity contribution in [1.82, 2.24) is 5.32 Å². The van der Waals surface area contributed by atoms with Gasteiger partial charge in [0.25, 0.3) is 0 Å². The number of Topliss-reactive ketones (excluding diaryl/α,β-unsaturated/α-hetero) is 1. The Morgan fingerprint density at radius 2 is 2.15 bits per heavy atom. The molecule has 0 aliphatic carbocycles. The quantitative estimate of drug-likeness (QED) is 0.462. The van der Waals surface area contributed by atoms with Gasteiger partial charge in [-0.05, 0) is 33.2 Å². The van der Waals surface area contributed by atoms with Crippen molar-refractivity contribution < 1.29 is 4.79 Å². The highest BCUT2D eigenvalue weighted by molar-refractivity contribution is 5.81. The average Bonchev–Trinajstić information content (AvgIpc) is 2.10. The van der Waals surface area contributed by atoms with Gasteiger partial charge < -0.3 is 5.32 Å². The van der Waals surface area contributed by atoms with E-state index in [2.05, 4.69) is 11.9 Å². The van der Waals surface area contributed by atoms with Gasteiger partial charge in [0.05, 0.1) is 6.04 Å². The lowest BCUT2D eigenvalue weighted by atomic mass is 10.0. The summed E-state index contributed by atoms with van der Waals surface area (Å²) in [5.74, 6) is 0.242. The number of unbranched alkanes of at least 4 members (excludes halogenated alkanes) is 3. The number of hydrogen-bond acceptors (Lipinski definition) is 2. The third-order valence-corrected chi connectivity index (χ3v) is 2.24. The highest BCUT2D eigenvalue weighted by Crippen LogP contribution is 2.06. The molecule has 0 heterocycles. The number of ketones is 1. The largest absolute Gasteiger partial charge is 0.311 e. The molecule has 0 aliphatic rings. The van der Waals surface area contributed by atoms with E-state index in [0.29, 0.717) is 0 Å². The first-order valence-electron chi connectivity index (χ1n) is 5.01.